The van der Waals surface area contributed by atoms with E-state index in [1.807, 2.05) is 0 Å². The fourth-order valence-electron chi connectivity index (χ4n) is 6.07. The van der Waals surface area contributed by atoms with Gasteiger partial charge in [0, 0.05) is 44.7 Å². The van der Waals surface area contributed by atoms with Gasteiger partial charge in [-0.05, 0) is 37.3 Å². The van der Waals surface area contributed by atoms with Crippen molar-refractivity contribution in [3.63, 3.8) is 0 Å². The summed E-state index contributed by atoms with van der Waals surface area (Å²) in [6.45, 7) is 5.77. The van der Waals surface area contributed by atoms with Crippen LogP contribution in [0.2, 0.25) is 0 Å². The van der Waals surface area contributed by atoms with Gasteiger partial charge < -0.3 is 14.7 Å². The average molecular weight is 613 g/mol. The van der Waals surface area contributed by atoms with Gasteiger partial charge in [-0.15, -0.1) is 0 Å². The van der Waals surface area contributed by atoms with Crippen molar-refractivity contribution in [3.05, 3.63) is 72.2 Å². The van der Waals surface area contributed by atoms with Crippen LogP contribution in [0, 0.1) is 18.7 Å². The van der Waals surface area contributed by atoms with Crippen molar-refractivity contribution in [1.82, 2.24) is 24.6 Å². The normalized spacial score (nSPS) is 20.7. The van der Waals surface area contributed by atoms with E-state index in [2.05, 4.69) is 21.6 Å². The van der Waals surface area contributed by atoms with Crippen LogP contribution in [0.15, 0.2) is 49.3 Å². The van der Waals surface area contributed by atoms with Crippen molar-refractivity contribution in [1.29, 1.82) is 0 Å². The second-order valence-corrected chi connectivity index (χ2v) is 11.2. The van der Waals surface area contributed by atoms with E-state index in [1.165, 1.54) is 43.4 Å². The molecular weight excluding hydrogens is 584 g/mol. The first-order chi connectivity index (χ1) is 20.8. The van der Waals surface area contributed by atoms with Crippen LogP contribution in [0.25, 0.3) is 0 Å². The molecule has 3 aliphatic rings. The molecule has 5 heterocycles. The highest BCUT2D eigenvalue weighted by Crippen LogP contribution is 2.41. The first kappa shape index (κ1) is 29.3. The monoisotopic (exact) mass is 612 g/mol. The van der Waals surface area contributed by atoms with E-state index in [1.54, 1.807) is 20.5 Å². The molecule has 15 heteroatoms. The Hall–Kier alpha value is -4.82. The molecule has 230 valence electrons. The fraction of sp³-hybridized carbons (Fsp3) is 0.379. The summed E-state index contributed by atoms with van der Waals surface area (Å²) in [6.07, 6.45) is -2.08. The lowest BCUT2D eigenvalue weighted by atomic mass is 9.95. The number of aryl methyl sites for hydroxylation is 1. The fourth-order valence-corrected chi connectivity index (χ4v) is 6.07. The lowest BCUT2D eigenvalue weighted by molar-refractivity contribution is -0.137. The zero-order valence-electron chi connectivity index (χ0n) is 23.8. The number of likely N-dealkylation sites (tertiary alicyclic amines) is 1. The van der Waals surface area contributed by atoms with Gasteiger partial charge in [0.25, 0.3) is 0 Å². The highest BCUT2D eigenvalue weighted by atomic mass is 19.4. The van der Waals surface area contributed by atoms with Crippen LogP contribution in [0.3, 0.4) is 0 Å². The lowest BCUT2D eigenvalue weighted by Gasteiger charge is -2.38. The van der Waals surface area contributed by atoms with Gasteiger partial charge in [0.2, 0.25) is 17.7 Å². The minimum atomic E-state index is -4.69. The number of hydrogen-bond donors (Lipinski definition) is 0. The van der Waals surface area contributed by atoms with E-state index >= 15 is 4.39 Å². The van der Waals surface area contributed by atoms with Crippen molar-refractivity contribution in [3.8, 4) is 0 Å². The summed E-state index contributed by atoms with van der Waals surface area (Å²) in [5.74, 6) is -2.56. The number of nitrogens with zero attached hydrogens (tertiary/aromatic N) is 8. The average Bonchev–Trinajstić information content (AvgIpc) is 3.52. The van der Waals surface area contributed by atoms with Crippen LogP contribution in [-0.4, -0.2) is 75.1 Å². The van der Waals surface area contributed by atoms with E-state index < -0.39 is 41.3 Å². The summed E-state index contributed by atoms with van der Waals surface area (Å²) in [4.78, 5) is 53.2. The summed E-state index contributed by atoms with van der Waals surface area (Å²) in [5, 5.41) is 4.55. The smallest absolute Gasteiger partial charge is 0.359 e. The molecule has 0 aliphatic carbocycles. The summed E-state index contributed by atoms with van der Waals surface area (Å²) in [7, 11) is 1.44. The number of benzene rings is 1. The number of carbonyl (C=O) groups is 3. The molecular formula is C29H28F4N8O3. The third kappa shape index (κ3) is 5.05. The Balaban J connectivity index is 1.34. The Kier molecular flexibility index (Phi) is 7.13. The largest absolute Gasteiger partial charge is 0.416 e. The molecule has 0 spiro atoms. The molecule has 0 N–H and O–H groups in total. The number of pyridine rings is 1. The van der Waals surface area contributed by atoms with Gasteiger partial charge in [0.1, 0.15) is 24.0 Å². The standard InChI is InChI=1S/C29H28F4N8O3/c1-4-24(42)38-12-19(13-38)40-15-34-22(36-40)14-39-11-17-9-25(43)41(23-10-18(29(31,32)33)8-16(2)35-23)26(17)28(44)37(3)21-7-5-6-20(30)27(21)39/h4-8,10,15,17,19,26H,1,9,11-14H2,2-3H3/t17-,26+/m1/s1. The van der Waals surface area contributed by atoms with Crippen LogP contribution < -0.4 is 14.7 Å². The van der Waals surface area contributed by atoms with E-state index in [0.29, 0.717) is 18.9 Å². The molecule has 0 unspecified atom stereocenters. The van der Waals surface area contributed by atoms with Crippen molar-refractivity contribution >= 4 is 34.9 Å². The van der Waals surface area contributed by atoms with Crippen LogP contribution in [0.1, 0.15) is 29.5 Å². The first-order valence-corrected chi connectivity index (χ1v) is 13.9. The zero-order chi connectivity index (χ0) is 31.5. The molecule has 0 bridgehead atoms. The minimum Gasteiger partial charge on any atom is -0.359 e. The van der Waals surface area contributed by atoms with Crippen LogP contribution in [-0.2, 0) is 27.1 Å². The molecule has 11 nitrogen and oxygen atoms in total. The third-order valence-electron chi connectivity index (χ3n) is 8.24. The number of anilines is 3. The number of para-hydroxylation sites is 1. The molecule has 0 radical (unpaired) electrons. The number of halogens is 4. The molecule has 1 aromatic carbocycles. The number of carbonyl (C=O) groups excluding carboxylic acids is 3. The number of hydrogen-bond acceptors (Lipinski definition) is 7. The SMILES string of the molecule is C=CC(=O)N1CC(n2cnc(CN3C[C@H]4CC(=O)N(c5cc(C(F)(F)F)cc(C)n5)[C@@H]4C(=O)N(C)c4cccc(F)c43)n2)C1. The molecule has 3 aliphatic heterocycles. The highest BCUT2D eigenvalue weighted by Gasteiger charge is 2.49. The lowest BCUT2D eigenvalue weighted by Crippen LogP contribution is -2.52. The number of aromatic nitrogens is 4. The maximum atomic E-state index is 15.5. The van der Waals surface area contributed by atoms with Crippen LogP contribution in [0.4, 0.5) is 34.8 Å². The quantitative estimate of drug-likeness (QED) is 0.322. The van der Waals surface area contributed by atoms with Crippen molar-refractivity contribution < 1.29 is 31.9 Å². The molecule has 3 aromatic rings. The molecule has 2 atom stereocenters. The Labute approximate surface area is 249 Å². The Morgan fingerprint density at radius 2 is 1.91 bits per heavy atom. The Bertz CT molecular complexity index is 1670. The van der Waals surface area contributed by atoms with E-state index in [0.717, 1.165) is 17.0 Å². The maximum absolute atomic E-state index is 15.5. The van der Waals surface area contributed by atoms with Gasteiger partial charge in [0.15, 0.2) is 5.82 Å². The van der Waals surface area contributed by atoms with E-state index in [4.69, 9.17) is 0 Å². The Morgan fingerprint density at radius 3 is 2.61 bits per heavy atom. The molecule has 2 aromatic heterocycles. The predicted molar refractivity (Wildman–Crippen MR) is 150 cm³/mol. The predicted octanol–water partition coefficient (Wildman–Crippen LogP) is 3.11. The van der Waals surface area contributed by atoms with Crippen molar-refractivity contribution in [2.45, 2.75) is 38.1 Å². The van der Waals surface area contributed by atoms with Gasteiger partial charge >= 0.3 is 6.18 Å². The second-order valence-electron chi connectivity index (χ2n) is 11.2. The van der Waals surface area contributed by atoms with Crippen molar-refractivity contribution in [2.75, 3.05) is 41.4 Å². The number of likely N-dealkylation sites (N-methyl/N-ethyl adjacent to an activating group) is 1. The molecule has 44 heavy (non-hydrogen) atoms. The minimum absolute atomic E-state index is 0.0119. The van der Waals surface area contributed by atoms with Crippen molar-refractivity contribution in [2.24, 2.45) is 5.92 Å². The second kappa shape index (κ2) is 10.7. The molecule has 2 fully saturated rings. The number of amides is 3. The van der Waals surface area contributed by atoms with Gasteiger partial charge in [-0.1, -0.05) is 12.6 Å². The Morgan fingerprint density at radius 1 is 1.16 bits per heavy atom. The maximum Gasteiger partial charge on any atom is 0.416 e. The van der Waals surface area contributed by atoms with Gasteiger partial charge in [-0.2, -0.15) is 18.3 Å². The zero-order valence-corrected chi connectivity index (χ0v) is 23.8. The summed E-state index contributed by atoms with van der Waals surface area (Å²) in [5.41, 5.74) is -0.611. The number of alkyl halides is 3. The van der Waals surface area contributed by atoms with Crippen LogP contribution >= 0.6 is 0 Å². The molecule has 2 saturated heterocycles. The van der Waals surface area contributed by atoms with E-state index in [-0.39, 0.29) is 54.3 Å². The van der Waals surface area contributed by atoms with E-state index in [9.17, 15) is 27.6 Å². The van der Waals surface area contributed by atoms with Gasteiger partial charge in [0.05, 0.1) is 29.5 Å². The summed E-state index contributed by atoms with van der Waals surface area (Å²) >= 11 is 0. The highest BCUT2D eigenvalue weighted by molar-refractivity contribution is 6.10. The van der Waals surface area contributed by atoms with Gasteiger partial charge in [-0.3, -0.25) is 19.3 Å². The van der Waals surface area contributed by atoms with Crippen LogP contribution in [0.5, 0.6) is 0 Å². The topological polar surface area (TPSA) is 108 Å². The third-order valence-corrected chi connectivity index (χ3v) is 8.24. The van der Waals surface area contributed by atoms with Gasteiger partial charge in [-0.25, -0.2) is 19.0 Å². The summed E-state index contributed by atoms with van der Waals surface area (Å²) in [6, 6.07) is 4.64. The molecule has 3 amide bonds. The summed E-state index contributed by atoms with van der Waals surface area (Å²) < 4.78 is 58.1. The number of fused-ring (bicyclic) bond motifs is 2. The molecule has 6 rings (SSSR count). The first-order valence-electron chi connectivity index (χ1n) is 13.9. The number of rotatable bonds is 5. The molecule has 0 saturated carbocycles.